The Balaban J connectivity index is 0.807. The maximum absolute atomic E-state index is 12.7. The number of anilines is 2. The number of hydrogen-bond donors (Lipinski definition) is 0. The largest absolute Gasteiger partial charge is 0.382 e. The molecule has 0 saturated carbocycles. The van der Waals surface area contributed by atoms with Gasteiger partial charge in [0.15, 0.2) is 0 Å². The van der Waals surface area contributed by atoms with E-state index in [1.807, 2.05) is 11.0 Å². The fourth-order valence-corrected chi connectivity index (χ4v) is 7.77. The summed E-state index contributed by atoms with van der Waals surface area (Å²) in [4.78, 5) is 21.9. The normalized spacial score (nSPS) is 14.0. The summed E-state index contributed by atoms with van der Waals surface area (Å²) in [6, 6.07) is 14.7. The van der Waals surface area contributed by atoms with E-state index < -0.39 is 0 Å². The van der Waals surface area contributed by atoms with Crippen LogP contribution >= 0.6 is 23.4 Å². The summed E-state index contributed by atoms with van der Waals surface area (Å²) in [5.41, 5.74) is 2.39. The van der Waals surface area contributed by atoms with Gasteiger partial charge in [0, 0.05) is 54.6 Å². The molecular weight excluding hydrogens is 886 g/mol. The summed E-state index contributed by atoms with van der Waals surface area (Å²) >= 11 is 8.18. The van der Waals surface area contributed by atoms with Crippen molar-refractivity contribution < 1.29 is 66.4 Å². The molecule has 0 N–H and O–H groups in total. The number of amides is 1. The van der Waals surface area contributed by atoms with Crippen LogP contribution in [0.2, 0.25) is 5.02 Å². The van der Waals surface area contributed by atoms with Gasteiger partial charge in [-0.1, -0.05) is 35.5 Å². The van der Waals surface area contributed by atoms with Crippen LogP contribution in [0.4, 0.5) is 11.4 Å². The molecule has 0 unspecified atom stereocenters. The van der Waals surface area contributed by atoms with Gasteiger partial charge in [0.2, 0.25) is 5.91 Å². The van der Waals surface area contributed by atoms with Crippen LogP contribution in [0.15, 0.2) is 52.3 Å². The van der Waals surface area contributed by atoms with Crippen molar-refractivity contribution in [2.45, 2.75) is 16.2 Å². The van der Waals surface area contributed by atoms with Crippen LogP contribution in [0, 0.1) is 0 Å². The minimum absolute atomic E-state index is 0.0230. The Labute approximate surface area is 395 Å². The number of para-hydroxylation sites is 1. The molecule has 2 aromatic rings. The molecule has 2 aliphatic heterocycles. The number of carbonyl (C=O) groups excluding carboxylic acids is 1. The average molecular weight is 961 g/mol. The Bertz CT molecular complexity index is 1480. The highest BCUT2D eigenvalue weighted by Crippen LogP contribution is 2.48. The molecule has 1 fully saturated rings. The zero-order valence-corrected chi connectivity index (χ0v) is 40.1. The molecule has 65 heavy (non-hydrogen) atoms. The number of nitrogens with zero attached hydrogens (tertiary/aromatic N) is 3. The SMILES string of the molecule is COCCOCCOCCOCCOCCOCCOCCOCCOCCOCCOCCOCCOCC(=O)N1CCN(CCCN2c3ccccc3Sc3ccc(Cl)cc32)CC1. The number of fused-ring (bicyclic) bond motifs is 2. The van der Waals surface area contributed by atoms with Gasteiger partial charge in [-0.2, -0.15) is 0 Å². The second kappa shape index (κ2) is 37.7. The molecule has 0 aliphatic carbocycles. The number of hydrogen-bond acceptors (Lipinski definition) is 17. The minimum atomic E-state index is 0.0230. The molecule has 17 nitrogen and oxygen atoms in total. The number of methoxy groups -OCH3 is 1. The molecule has 1 saturated heterocycles. The summed E-state index contributed by atoms with van der Waals surface area (Å²) in [6.07, 6.45) is 1.01. The highest BCUT2D eigenvalue weighted by molar-refractivity contribution is 7.99. The third-order valence-corrected chi connectivity index (χ3v) is 11.3. The summed E-state index contributed by atoms with van der Waals surface area (Å²) < 4.78 is 70.9. The van der Waals surface area contributed by atoms with Gasteiger partial charge < -0.3 is 71.4 Å². The lowest BCUT2D eigenvalue weighted by Crippen LogP contribution is -2.50. The van der Waals surface area contributed by atoms with Crippen molar-refractivity contribution in [2.75, 3.05) is 216 Å². The fraction of sp³-hybridized carbons (Fsp3) is 0.717. The van der Waals surface area contributed by atoms with Crippen molar-refractivity contribution >= 4 is 40.6 Å². The molecule has 370 valence electrons. The van der Waals surface area contributed by atoms with E-state index in [2.05, 4.69) is 46.2 Å². The first-order valence-corrected chi connectivity index (χ1v) is 24.1. The highest BCUT2D eigenvalue weighted by atomic mass is 35.5. The number of carbonyl (C=O) groups is 1. The summed E-state index contributed by atoms with van der Waals surface area (Å²) in [7, 11) is 1.64. The average Bonchev–Trinajstić information content (AvgIpc) is 3.32. The van der Waals surface area contributed by atoms with E-state index in [0.29, 0.717) is 172 Å². The van der Waals surface area contributed by atoms with Crippen LogP contribution in [0.25, 0.3) is 0 Å². The van der Waals surface area contributed by atoms with Crippen molar-refractivity contribution in [2.24, 2.45) is 0 Å². The topological polar surface area (TPSA) is 147 Å². The molecule has 4 rings (SSSR count). The second-order valence-corrected chi connectivity index (χ2v) is 16.2. The molecular formula is C46H74ClN3O14S. The monoisotopic (exact) mass is 959 g/mol. The minimum Gasteiger partial charge on any atom is -0.382 e. The molecule has 1 amide bonds. The van der Waals surface area contributed by atoms with Gasteiger partial charge in [0.1, 0.15) is 6.61 Å². The Morgan fingerprint density at radius 3 is 1.34 bits per heavy atom. The zero-order valence-electron chi connectivity index (χ0n) is 38.5. The molecule has 2 aliphatic rings. The molecule has 2 aromatic carbocycles. The maximum atomic E-state index is 12.7. The van der Waals surface area contributed by atoms with Crippen molar-refractivity contribution in [3.63, 3.8) is 0 Å². The Morgan fingerprint density at radius 1 is 0.492 bits per heavy atom. The molecule has 2 heterocycles. The molecule has 0 spiro atoms. The Kier molecular flexibility index (Phi) is 32.2. The predicted molar refractivity (Wildman–Crippen MR) is 248 cm³/mol. The molecule has 0 radical (unpaired) electrons. The second-order valence-electron chi connectivity index (χ2n) is 14.7. The van der Waals surface area contributed by atoms with Gasteiger partial charge in [-0.05, 0) is 43.3 Å². The van der Waals surface area contributed by atoms with Crippen molar-refractivity contribution in [1.29, 1.82) is 0 Å². The lowest BCUT2D eigenvalue weighted by molar-refractivity contribution is -0.138. The van der Waals surface area contributed by atoms with Gasteiger partial charge in [0.25, 0.3) is 0 Å². The summed E-state index contributed by atoms with van der Waals surface area (Å²) in [5.74, 6) is 0.0230. The standard InChI is InChI=1S/C46H74ClN3O14S/c1-52-15-16-53-17-18-54-19-20-55-21-22-56-23-24-57-25-26-58-27-28-59-29-30-60-31-32-61-33-34-62-35-36-63-37-38-64-40-46(51)49-13-11-48(12-14-49)9-4-10-50-42-5-2-3-6-44(42)65-45-8-7-41(47)39-43(45)50/h2-3,5-8,39H,4,9-38,40H2,1H3. The van der Waals surface area contributed by atoms with E-state index in [9.17, 15) is 4.79 Å². The van der Waals surface area contributed by atoms with Crippen molar-refractivity contribution in [3.05, 3.63) is 47.5 Å². The van der Waals surface area contributed by atoms with E-state index in [1.54, 1.807) is 18.9 Å². The van der Waals surface area contributed by atoms with Gasteiger partial charge in [0.05, 0.1) is 170 Å². The number of benzene rings is 2. The van der Waals surface area contributed by atoms with E-state index in [4.69, 9.17) is 73.2 Å². The van der Waals surface area contributed by atoms with Gasteiger partial charge >= 0.3 is 0 Å². The number of ether oxygens (including phenoxy) is 13. The molecule has 0 aromatic heterocycles. The third kappa shape index (κ3) is 25.7. The van der Waals surface area contributed by atoms with E-state index in [1.165, 1.54) is 21.2 Å². The van der Waals surface area contributed by atoms with E-state index >= 15 is 0 Å². The van der Waals surface area contributed by atoms with Crippen molar-refractivity contribution in [3.8, 4) is 0 Å². The Hall–Kier alpha value is -2.21. The van der Waals surface area contributed by atoms with Gasteiger partial charge in [-0.3, -0.25) is 9.69 Å². The summed E-state index contributed by atoms with van der Waals surface area (Å²) in [6.45, 7) is 17.0. The number of halogens is 1. The smallest absolute Gasteiger partial charge is 0.248 e. The first-order valence-electron chi connectivity index (χ1n) is 22.9. The lowest BCUT2D eigenvalue weighted by Gasteiger charge is -2.36. The molecule has 0 atom stereocenters. The molecule has 19 heteroatoms. The van der Waals surface area contributed by atoms with E-state index in [0.717, 1.165) is 37.6 Å². The van der Waals surface area contributed by atoms with Crippen LogP contribution in [-0.4, -0.2) is 227 Å². The van der Waals surface area contributed by atoms with Crippen molar-refractivity contribution in [1.82, 2.24) is 9.80 Å². The van der Waals surface area contributed by atoms with E-state index in [-0.39, 0.29) is 12.5 Å². The van der Waals surface area contributed by atoms with Gasteiger partial charge in [-0.25, -0.2) is 0 Å². The first kappa shape index (κ1) is 55.4. The lowest BCUT2D eigenvalue weighted by atomic mass is 10.2. The molecule has 0 bridgehead atoms. The number of rotatable bonds is 42. The van der Waals surface area contributed by atoms with Crippen LogP contribution in [0.5, 0.6) is 0 Å². The van der Waals surface area contributed by atoms with Gasteiger partial charge in [-0.15, -0.1) is 0 Å². The quantitative estimate of drug-likeness (QED) is 0.0870. The van der Waals surface area contributed by atoms with Crippen LogP contribution in [0.1, 0.15) is 6.42 Å². The zero-order chi connectivity index (χ0) is 45.7. The first-order chi connectivity index (χ1) is 32.2. The number of piperazine rings is 1. The Morgan fingerprint density at radius 2 is 0.892 bits per heavy atom. The highest BCUT2D eigenvalue weighted by Gasteiger charge is 2.25. The maximum Gasteiger partial charge on any atom is 0.248 e. The third-order valence-electron chi connectivity index (χ3n) is 9.92. The predicted octanol–water partition coefficient (Wildman–Crippen LogP) is 4.32. The van der Waals surface area contributed by atoms with Crippen LogP contribution in [-0.2, 0) is 66.4 Å². The van der Waals surface area contributed by atoms with Crippen LogP contribution < -0.4 is 4.90 Å². The fourth-order valence-electron chi connectivity index (χ4n) is 6.53. The van der Waals surface area contributed by atoms with Crippen LogP contribution in [0.3, 0.4) is 0 Å². The summed E-state index contributed by atoms with van der Waals surface area (Å²) in [5, 5.41) is 0.749.